The van der Waals surface area contributed by atoms with Crippen molar-refractivity contribution in [1.82, 2.24) is 0 Å². The van der Waals surface area contributed by atoms with Gasteiger partial charge in [0.15, 0.2) is 0 Å². The summed E-state index contributed by atoms with van der Waals surface area (Å²) in [6, 6.07) is 12.3. The van der Waals surface area contributed by atoms with E-state index in [0.717, 1.165) is 38.4 Å². The molecule has 2 aromatic carbocycles. The summed E-state index contributed by atoms with van der Waals surface area (Å²) in [5, 5.41) is 2.72. The summed E-state index contributed by atoms with van der Waals surface area (Å²) in [6.45, 7) is 7.18. The van der Waals surface area contributed by atoms with Gasteiger partial charge in [-0.1, -0.05) is 12.1 Å². The average molecular weight is 402 g/mol. The van der Waals surface area contributed by atoms with E-state index in [-0.39, 0.29) is 17.2 Å². The lowest BCUT2D eigenvalue weighted by Gasteiger charge is -2.34. The Morgan fingerprint density at radius 2 is 1.89 bits per heavy atom. The fourth-order valence-electron chi connectivity index (χ4n) is 3.83. The predicted molar refractivity (Wildman–Crippen MR) is 109 cm³/mol. The zero-order valence-corrected chi connectivity index (χ0v) is 16.7. The number of benzene rings is 2. The molecule has 0 aromatic heterocycles. The van der Waals surface area contributed by atoms with Crippen LogP contribution in [0.2, 0.25) is 0 Å². The molecule has 0 aliphatic carbocycles. The molecule has 1 amide bonds. The van der Waals surface area contributed by atoms with Crippen molar-refractivity contribution in [1.29, 1.82) is 0 Å². The molecule has 28 heavy (non-hydrogen) atoms. The molecule has 0 bridgehead atoms. The lowest BCUT2D eigenvalue weighted by molar-refractivity contribution is -0.898. The van der Waals surface area contributed by atoms with Gasteiger partial charge in [0, 0.05) is 5.69 Å². The molecule has 1 fully saturated rings. The molecular weight excluding hydrogens is 376 g/mol. The number of nitrogens with one attached hydrogen (secondary N) is 3. The van der Waals surface area contributed by atoms with Crippen molar-refractivity contribution in [3.63, 3.8) is 0 Å². The number of sulfonamides is 1. The maximum absolute atomic E-state index is 13.0. The quantitative estimate of drug-likeness (QED) is 0.689. The van der Waals surface area contributed by atoms with Gasteiger partial charge in [0.05, 0.1) is 55.4 Å². The van der Waals surface area contributed by atoms with Gasteiger partial charge in [-0.25, -0.2) is 8.42 Å². The molecule has 0 radical (unpaired) electrons. The van der Waals surface area contributed by atoms with E-state index in [2.05, 4.69) is 21.9 Å². The number of hydrogen-bond donors (Lipinski definition) is 3. The number of para-hydroxylation sites is 2. The number of piperazine rings is 1. The molecule has 2 aromatic rings. The summed E-state index contributed by atoms with van der Waals surface area (Å²) in [4.78, 5) is 15.5. The highest BCUT2D eigenvalue weighted by Crippen LogP contribution is 2.30. The largest absolute Gasteiger partial charge is 0.359 e. The van der Waals surface area contributed by atoms with Gasteiger partial charge in [0.2, 0.25) is 5.91 Å². The topological polar surface area (TPSA) is 83.0 Å². The van der Waals surface area contributed by atoms with Crippen LogP contribution in [-0.2, 0) is 21.2 Å². The molecule has 0 unspecified atom stereocenters. The second kappa shape index (κ2) is 7.44. The number of quaternary nitrogens is 1. The van der Waals surface area contributed by atoms with Crippen LogP contribution < -0.4 is 19.8 Å². The summed E-state index contributed by atoms with van der Waals surface area (Å²) < 4.78 is 28.7. The number of carbonyl (C=O) groups is 1. The number of rotatable bonds is 5. The first-order chi connectivity index (χ1) is 13.5. The monoisotopic (exact) mass is 401 g/mol. The van der Waals surface area contributed by atoms with Crippen molar-refractivity contribution in [2.45, 2.75) is 18.2 Å². The van der Waals surface area contributed by atoms with Crippen molar-refractivity contribution >= 4 is 33.0 Å². The highest BCUT2D eigenvalue weighted by atomic mass is 32.2. The molecule has 2 aliphatic heterocycles. The maximum atomic E-state index is 13.0. The van der Waals surface area contributed by atoms with E-state index in [4.69, 9.17) is 0 Å². The maximum Gasteiger partial charge on any atom is 0.261 e. The number of anilines is 3. The van der Waals surface area contributed by atoms with Crippen LogP contribution in [0, 0.1) is 0 Å². The third-order valence-corrected chi connectivity index (χ3v) is 6.83. The van der Waals surface area contributed by atoms with Gasteiger partial charge in [0.1, 0.15) is 0 Å². The fraction of sp³-hybridized carbons (Fsp3) is 0.350. The van der Waals surface area contributed by atoms with Crippen molar-refractivity contribution < 1.29 is 18.1 Å². The number of hydrogen-bond acceptors (Lipinski definition) is 4. The summed E-state index contributed by atoms with van der Waals surface area (Å²) in [7, 11) is -3.75. The second-order valence-electron chi connectivity index (χ2n) is 7.26. The van der Waals surface area contributed by atoms with Crippen LogP contribution in [0.1, 0.15) is 12.5 Å². The van der Waals surface area contributed by atoms with Gasteiger partial charge in [-0.2, -0.15) is 0 Å². The van der Waals surface area contributed by atoms with Crippen molar-refractivity contribution in [2.24, 2.45) is 0 Å². The molecule has 8 heteroatoms. The standard InChI is InChI=1S/C20H24N4O3S/c1-2-23-9-11-24(12-10-23)19-6-4-3-5-18(19)22-28(26,27)16-7-8-17-15(13-16)14-20(25)21-17/h3-8,13,22H,2,9-12,14H2,1H3,(H,21,25)/p+1. The molecule has 2 aliphatic rings. The van der Waals surface area contributed by atoms with Crippen LogP contribution in [0.25, 0.3) is 0 Å². The molecule has 2 heterocycles. The minimum atomic E-state index is -3.75. The normalized spacial score (nSPS) is 17.3. The van der Waals surface area contributed by atoms with Crippen LogP contribution in [0.15, 0.2) is 47.4 Å². The third kappa shape index (κ3) is 3.70. The Bertz CT molecular complexity index is 998. The lowest BCUT2D eigenvalue weighted by atomic mass is 10.2. The Hall–Kier alpha value is -2.58. The first-order valence-corrected chi connectivity index (χ1v) is 11.1. The van der Waals surface area contributed by atoms with Gasteiger partial charge in [-0.3, -0.25) is 9.52 Å². The fourth-order valence-corrected chi connectivity index (χ4v) is 4.95. The molecule has 4 rings (SSSR count). The van der Waals surface area contributed by atoms with Gasteiger partial charge < -0.3 is 15.1 Å². The molecule has 0 saturated carbocycles. The van der Waals surface area contributed by atoms with E-state index in [1.54, 1.807) is 23.1 Å². The molecule has 3 N–H and O–H groups in total. The van der Waals surface area contributed by atoms with Crippen LogP contribution in [0.3, 0.4) is 0 Å². The second-order valence-corrected chi connectivity index (χ2v) is 8.94. The van der Waals surface area contributed by atoms with E-state index in [1.165, 1.54) is 6.07 Å². The zero-order chi connectivity index (χ0) is 19.7. The van der Waals surface area contributed by atoms with Crippen molar-refractivity contribution in [3.05, 3.63) is 48.0 Å². The first kappa shape index (κ1) is 18.8. The van der Waals surface area contributed by atoms with E-state index < -0.39 is 10.0 Å². The molecule has 1 saturated heterocycles. The van der Waals surface area contributed by atoms with Crippen molar-refractivity contribution in [2.75, 3.05) is 47.7 Å². The Morgan fingerprint density at radius 3 is 2.64 bits per heavy atom. The van der Waals surface area contributed by atoms with Gasteiger partial charge in [-0.15, -0.1) is 0 Å². The highest BCUT2D eigenvalue weighted by molar-refractivity contribution is 7.92. The number of fused-ring (bicyclic) bond motifs is 1. The minimum Gasteiger partial charge on any atom is -0.359 e. The number of carbonyl (C=O) groups excluding carboxylic acids is 1. The smallest absolute Gasteiger partial charge is 0.261 e. The Labute approximate surface area is 165 Å². The lowest BCUT2D eigenvalue weighted by Crippen LogP contribution is -3.14. The van der Waals surface area contributed by atoms with Crippen molar-refractivity contribution in [3.8, 4) is 0 Å². The molecule has 0 atom stereocenters. The van der Waals surface area contributed by atoms with E-state index in [1.807, 2.05) is 18.2 Å². The van der Waals surface area contributed by atoms with Gasteiger partial charge >= 0.3 is 0 Å². The van der Waals surface area contributed by atoms with Gasteiger partial charge in [0.25, 0.3) is 10.0 Å². The SMILES string of the molecule is CC[NH+]1CCN(c2ccccc2NS(=O)(=O)c2ccc3c(c2)CC(=O)N3)CC1. The number of nitrogens with zero attached hydrogens (tertiary/aromatic N) is 1. The Morgan fingerprint density at radius 1 is 1.14 bits per heavy atom. The number of likely N-dealkylation sites (N-methyl/N-ethyl adjacent to an activating group) is 1. The summed E-state index contributed by atoms with van der Waals surface area (Å²) in [6.07, 6.45) is 0.208. The van der Waals surface area contributed by atoms with Gasteiger partial charge in [-0.05, 0) is 42.8 Å². The van der Waals surface area contributed by atoms with Crippen LogP contribution in [-0.4, -0.2) is 47.0 Å². The van der Waals surface area contributed by atoms with E-state index in [9.17, 15) is 13.2 Å². The summed E-state index contributed by atoms with van der Waals surface area (Å²) >= 11 is 0. The summed E-state index contributed by atoms with van der Waals surface area (Å²) in [5.74, 6) is -0.115. The van der Waals surface area contributed by atoms with E-state index >= 15 is 0 Å². The third-order valence-electron chi connectivity index (χ3n) is 5.47. The molecular formula is C20H25N4O3S+. The summed E-state index contributed by atoms with van der Waals surface area (Å²) in [5.41, 5.74) is 2.87. The predicted octanol–water partition coefficient (Wildman–Crippen LogP) is 0.707. The molecule has 7 nitrogen and oxygen atoms in total. The molecule has 148 valence electrons. The zero-order valence-electron chi connectivity index (χ0n) is 15.9. The molecule has 0 spiro atoms. The highest BCUT2D eigenvalue weighted by Gasteiger charge is 2.25. The minimum absolute atomic E-state index is 0.115. The Kier molecular flexibility index (Phi) is 4.99. The van der Waals surface area contributed by atoms with Crippen LogP contribution in [0.4, 0.5) is 17.1 Å². The number of amides is 1. The van der Waals surface area contributed by atoms with E-state index in [0.29, 0.717) is 16.9 Å². The van der Waals surface area contributed by atoms with Crippen LogP contribution >= 0.6 is 0 Å². The van der Waals surface area contributed by atoms with Crippen LogP contribution in [0.5, 0.6) is 0 Å². The average Bonchev–Trinajstić information content (AvgIpc) is 3.07. The first-order valence-electron chi connectivity index (χ1n) is 9.59. The Balaban J connectivity index is 1.58.